The molecular weight excluding hydrogens is 364 g/mol. The fraction of sp³-hybridized carbons (Fsp3) is 0.292. The predicted molar refractivity (Wildman–Crippen MR) is 112 cm³/mol. The van der Waals surface area contributed by atoms with Gasteiger partial charge in [0.05, 0.1) is 6.54 Å². The van der Waals surface area contributed by atoms with Crippen LogP contribution in [0.1, 0.15) is 33.0 Å². The van der Waals surface area contributed by atoms with Gasteiger partial charge in [0, 0.05) is 30.6 Å². The number of rotatable bonds is 6. The molecule has 29 heavy (non-hydrogen) atoms. The molecule has 5 heteroatoms. The van der Waals surface area contributed by atoms with Gasteiger partial charge in [0.2, 0.25) is 0 Å². The van der Waals surface area contributed by atoms with E-state index in [1.165, 1.54) is 0 Å². The summed E-state index contributed by atoms with van der Waals surface area (Å²) in [6.45, 7) is 2.53. The number of carbonyl (C=O) groups is 1. The van der Waals surface area contributed by atoms with Crippen LogP contribution in [0.4, 0.5) is 0 Å². The zero-order chi connectivity index (χ0) is 20.2. The van der Waals surface area contributed by atoms with E-state index in [2.05, 4.69) is 11.0 Å². The number of benzene rings is 2. The summed E-state index contributed by atoms with van der Waals surface area (Å²) in [6, 6.07) is 19.5. The van der Waals surface area contributed by atoms with Crippen molar-refractivity contribution in [1.29, 1.82) is 0 Å². The van der Waals surface area contributed by atoms with Gasteiger partial charge in [-0.2, -0.15) is 0 Å². The van der Waals surface area contributed by atoms with E-state index < -0.39 is 0 Å². The number of nitrogens with zero attached hydrogens (tertiary/aromatic N) is 2. The van der Waals surface area contributed by atoms with Crippen LogP contribution in [-0.2, 0) is 26.1 Å². The predicted octanol–water partition coefficient (Wildman–Crippen LogP) is 4.12. The lowest BCUT2D eigenvalue weighted by molar-refractivity contribution is 0.0729. The number of furan rings is 1. The Bertz CT molecular complexity index is 962. The Labute approximate surface area is 171 Å². The van der Waals surface area contributed by atoms with Crippen molar-refractivity contribution < 1.29 is 13.9 Å². The molecular formula is C24H26N2O3. The molecule has 1 aliphatic rings. The highest BCUT2D eigenvalue weighted by Crippen LogP contribution is 2.25. The van der Waals surface area contributed by atoms with Gasteiger partial charge < -0.3 is 19.0 Å². The average molecular weight is 390 g/mol. The molecule has 2 aromatic carbocycles. The molecule has 1 aromatic heterocycles. The molecule has 3 aromatic rings. The third kappa shape index (κ3) is 4.69. The van der Waals surface area contributed by atoms with E-state index in [-0.39, 0.29) is 5.91 Å². The third-order valence-corrected chi connectivity index (χ3v) is 5.03. The number of ether oxygens (including phenoxy) is 1. The van der Waals surface area contributed by atoms with Crippen LogP contribution in [0.15, 0.2) is 65.1 Å². The lowest BCUT2D eigenvalue weighted by Crippen LogP contribution is -2.35. The molecule has 0 spiro atoms. The fourth-order valence-electron chi connectivity index (χ4n) is 3.57. The van der Waals surface area contributed by atoms with Gasteiger partial charge in [0.15, 0.2) is 0 Å². The SMILES string of the molecule is CN(C)Cc1cc2c(o1)CCN(C(=O)c1ccc(COc3ccccc3)cc1)C2. The number of hydrogen-bond acceptors (Lipinski definition) is 4. The first-order valence-electron chi connectivity index (χ1n) is 9.90. The van der Waals surface area contributed by atoms with Gasteiger partial charge in [-0.25, -0.2) is 0 Å². The molecule has 0 atom stereocenters. The van der Waals surface area contributed by atoms with Crippen molar-refractivity contribution in [3.63, 3.8) is 0 Å². The van der Waals surface area contributed by atoms with Gasteiger partial charge in [-0.1, -0.05) is 30.3 Å². The van der Waals surface area contributed by atoms with Crippen LogP contribution >= 0.6 is 0 Å². The fourth-order valence-corrected chi connectivity index (χ4v) is 3.57. The molecule has 4 rings (SSSR count). The van der Waals surface area contributed by atoms with Crippen molar-refractivity contribution in [3.8, 4) is 5.75 Å². The first kappa shape index (κ1) is 19.3. The Hall–Kier alpha value is -3.05. The molecule has 5 nitrogen and oxygen atoms in total. The summed E-state index contributed by atoms with van der Waals surface area (Å²) >= 11 is 0. The Morgan fingerprint density at radius 2 is 1.86 bits per heavy atom. The summed E-state index contributed by atoms with van der Waals surface area (Å²) in [5.74, 6) is 2.86. The highest BCUT2D eigenvalue weighted by atomic mass is 16.5. The van der Waals surface area contributed by atoms with Crippen molar-refractivity contribution in [2.24, 2.45) is 0 Å². The molecule has 0 radical (unpaired) electrons. The van der Waals surface area contributed by atoms with Crippen molar-refractivity contribution in [2.45, 2.75) is 26.1 Å². The van der Waals surface area contributed by atoms with Gasteiger partial charge in [0.1, 0.15) is 23.9 Å². The van der Waals surface area contributed by atoms with Crippen LogP contribution in [-0.4, -0.2) is 36.3 Å². The van der Waals surface area contributed by atoms with E-state index in [4.69, 9.17) is 9.15 Å². The van der Waals surface area contributed by atoms with Crippen molar-refractivity contribution in [1.82, 2.24) is 9.80 Å². The highest BCUT2D eigenvalue weighted by molar-refractivity contribution is 5.94. The maximum absolute atomic E-state index is 12.9. The quantitative estimate of drug-likeness (QED) is 0.635. The zero-order valence-corrected chi connectivity index (χ0v) is 16.9. The lowest BCUT2D eigenvalue weighted by Gasteiger charge is -2.26. The molecule has 0 saturated heterocycles. The van der Waals surface area contributed by atoms with E-state index in [0.717, 1.165) is 41.4 Å². The smallest absolute Gasteiger partial charge is 0.254 e. The second-order valence-electron chi connectivity index (χ2n) is 7.67. The number of hydrogen-bond donors (Lipinski definition) is 0. The first-order chi connectivity index (χ1) is 14.1. The van der Waals surface area contributed by atoms with Crippen LogP contribution < -0.4 is 4.74 Å². The van der Waals surface area contributed by atoms with Crippen molar-refractivity contribution in [2.75, 3.05) is 20.6 Å². The molecule has 150 valence electrons. The summed E-state index contributed by atoms with van der Waals surface area (Å²) in [7, 11) is 4.04. The molecule has 1 aliphatic heterocycles. The maximum Gasteiger partial charge on any atom is 0.254 e. The van der Waals surface area contributed by atoms with Gasteiger partial charge in [-0.3, -0.25) is 4.79 Å². The van der Waals surface area contributed by atoms with Gasteiger partial charge in [-0.05, 0) is 50.0 Å². The Balaban J connectivity index is 1.37. The summed E-state index contributed by atoms with van der Waals surface area (Å²) in [5, 5.41) is 0. The van der Waals surface area contributed by atoms with Crippen LogP contribution in [0, 0.1) is 0 Å². The lowest BCUT2D eigenvalue weighted by atomic mass is 10.1. The molecule has 0 unspecified atom stereocenters. The minimum Gasteiger partial charge on any atom is -0.489 e. The summed E-state index contributed by atoms with van der Waals surface area (Å²) in [4.78, 5) is 16.9. The van der Waals surface area contributed by atoms with Crippen molar-refractivity contribution >= 4 is 5.91 Å². The molecule has 2 heterocycles. The summed E-state index contributed by atoms with van der Waals surface area (Å²) in [5.41, 5.74) is 2.86. The topological polar surface area (TPSA) is 45.9 Å². The van der Waals surface area contributed by atoms with Crippen LogP contribution in [0.3, 0.4) is 0 Å². The van der Waals surface area contributed by atoms with E-state index in [1.54, 1.807) is 0 Å². The number of amides is 1. The standard InChI is InChI=1S/C24H26N2O3/c1-25(2)16-22-14-20-15-26(13-12-23(20)29-22)24(27)19-10-8-18(9-11-19)17-28-21-6-4-3-5-7-21/h3-11,14H,12-13,15-17H2,1-2H3. The minimum atomic E-state index is 0.0570. The zero-order valence-electron chi connectivity index (χ0n) is 16.9. The normalized spacial score (nSPS) is 13.4. The van der Waals surface area contributed by atoms with E-state index in [1.807, 2.05) is 73.6 Å². The van der Waals surface area contributed by atoms with Crippen LogP contribution in [0.2, 0.25) is 0 Å². The van der Waals surface area contributed by atoms with Gasteiger partial charge in [0.25, 0.3) is 5.91 Å². The second-order valence-corrected chi connectivity index (χ2v) is 7.67. The summed E-state index contributed by atoms with van der Waals surface area (Å²) < 4.78 is 11.7. The Morgan fingerprint density at radius 3 is 2.59 bits per heavy atom. The average Bonchev–Trinajstić information content (AvgIpc) is 3.13. The third-order valence-electron chi connectivity index (χ3n) is 5.03. The molecule has 0 saturated carbocycles. The number of fused-ring (bicyclic) bond motifs is 1. The Kier molecular flexibility index (Phi) is 5.67. The number of para-hydroxylation sites is 1. The van der Waals surface area contributed by atoms with Crippen molar-refractivity contribution in [3.05, 3.63) is 88.9 Å². The summed E-state index contributed by atoms with van der Waals surface area (Å²) in [6.07, 6.45) is 0.761. The molecule has 0 bridgehead atoms. The van der Waals surface area contributed by atoms with E-state index in [9.17, 15) is 4.79 Å². The maximum atomic E-state index is 12.9. The highest BCUT2D eigenvalue weighted by Gasteiger charge is 2.25. The van der Waals surface area contributed by atoms with Crippen LogP contribution in [0.5, 0.6) is 5.75 Å². The molecule has 0 fully saturated rings. The Morgan fingerprint density at radius 1 is 1.10 bits per heavy atom. The molecule has 0 aliphatic carbocycles. The second kappa shape index (κ2) is 8.53. The van der Waals surface area contributed by atoms with Gasteiger partial charge in [-0.15, -0.1) is 0 Å². The van der Waals surface area contributed by atoms with Crippen LogP contribution in [0.25, 0.3) is 0 Å². The first-order valence-corrected chi connectivity index (χ1v) is 9.90. The molecule has 1 amide bonds. The molecule has 0 N–H and O–H groups in total. The van der Waals surface area contributed by atoms with E-state index in [0.29, 0.717) is 25.3 Å². The largest absolute Gasteiger partial charge is 0.489 e. The minimum absolute atomic E-state index is 0.0570. The van der Waals surface area contributed by atoms with Gasteiger partial charge >= 0.3 is 0 Å². The number of carbonyl (C=O) groups excluding carboxylic acids is 1. The monoisotopic (exact) mass is 390 g/mol. The van der Waals surface area contributed by atoms with E-state index >= 15 is 0 Å².